The summed E-state index contributed by atoms with van der Waals surface area (Å²) in [7, 11) is 5.75. The smallest absolute Gasteiger partial charge is 0.227 e. The monoisotopic (exact) mass is 358 g/mol. The third-order valence-electron chi connectivity index (χ3n) is 4.84. The van der Waals surface area contributed by atoms with E-state index < -0.39 is 0 Å². The molecule has 2 aromatic heterocycles. The minimum atomic E-state index is -0.269. The lowest BCUT2D eigenvalue weighted by atomic mass is 10.1. The van der Waals surface area contributed by atoms with Gasteiger partial charge < -0.3 is 14.5 Å². The molecular weight excluding hydrogens is 332 g/mol. The Morgan fingerprint density at radius 1 is 1.31 bits per heavy atom. The number of anilines is 1. The van der Waals surface area contributed by atoms with Crippen molar-refractivity contribution in [1.82, 2.24) is 24.6 Å². The lowest BCUT2D eigenvalue weighted by Gasteiger charge is -2.33. The van der Waals surface area contributed by atoms with Crippen LogP contribution < -0.4 is 4.90 Å². The fraction of sp³-hybridized carbons (Fsp3) is 0.556. The maximum Gasteiger partial charge on any atom is 0.227 e. The highest BCUT2D eigenvalue weighted by Crippen LogP contribution is 2.27. The number of aromatic nitrogens is 4. The molecule has 8 heteroatoms. The van der Waals surface area contributed by atoms with Gasteiger partial charge in [-0.1, -0.05) is 0 Å². The van der Waals surface area contributed by atoms with Crippen LogP contribution in [0.15, 0.2) is 12.4 Å². The lowest BCUT2D eigenvalue weighted by molar-refractivity contribution is -0.138. The van der Waals surface area contributed by atoms with Crippen molar-refractivity contribution >= 4 is 11.7 Å². The SMILES string of the molecule is Cc1nn(C)c(C)c1CC(=O)N1CCOC(c2nccnc2N(C)C)C1. The van der Waals surface area contributed by atoms with Crippen molar-refractivity contribution in [2.75, 3.05) is 38.7 Å². The molecule has 1 aliphatic rings. The van der Waals surface area contributed by atoms with Crippen LogP contribution in [0.25, 0.3) is 0 Å². The van der Waals surface area contributed by atoms with Gasteiger partial charge in [0.05, 0.1) is 25.3 Å². The molecule has 0 spiro atoms. The van der Waals surface area contributed by atoms with Gasteiger partial charge in [0, 0.05) is 51.3 Å². The van der Waals surface area contributed by atoms with Gasteiger partial charge >= 0.3 is 0 Å². The molecule has 1 amide bonds. The van der Waals surface area contributed by atoms with Crippen molar-refractivity contribution in [3.05, 3.63) is 35.0 Å². The molecule has 3 heterocycles. The maximum absolute atomic E-state index is 12.9. The summed E-state index contributed by atoms with van der Waals surface area (Å²) in [6, 6.07) is 0. The first kappa shape index (κ1) is 18.3. The fourth-order valence-corrected chi connectivity index (χ4v) is 3.29. The Labute approximate surface area is 153 Å². The van der Waals surface area contributed by atoms with Crippen molar-refractivity contribution in [2.24, 2.45) is 7.05 Å². The molecule has 26 heavy (non-hydrogen) atoms. The highest BCUT2D eigenvalue weighted by atomic mass is 16.5. The number of amides is 1. The van der Waals surface area contributed by atoms with Gasteiger partial charge in [-0.15, -0.1) is 0 Å². The summed E-state index contributed by atoms with van der Waals surface area (Å²) in [4.78, 5) is 25.5. The molecule has 1 fully saturated rings. The molecule has 2 aromatic rings. The standard InChI is InChI=1S/C18H26N6O2/c1-12-14(13(2)23(5)21-12)10-16(25)24-8-9-26-15(11-24)17-18(22(3)4)20-7-6-19-17/h6-7,15H,8-11H2,1-5H3. The number of carbonyl (C=O) groups excluding carboxylic acids is 1. The summed E-state index contributed by atoms with van der Waals surface area (Å²) >= 11 is 0. The van der Waals surface area contributed by atoms with Crippen LogP contribution >= 0.6 is 0 Å². The van der Waals surface area contributed by atoms with E-state index in [2.05, 4.69) is 15.1 Å². The molecule has 0 N–H and O–H groups in total. The maximum atomic E-state index is 12.9. The quantitative estimate of drug-likeness (QED) is 0.813. The van der Waals surface area contributed by atoms with Crippen LogP contribution in [-0.2, 0) is 23.0 Å². The second-order valence-corrected chi connectivity index (χ2v) is 6.81. The molecule has 0 bridgehead atoms. The Morgan fingerprint density at radius 3 is 2.69 bits per heavy atom. The van der Waals surface area contributed by atoms with Gasteiger partial charge in [0.15, 0.2) is 5.82 Å². The summed E-state index contributed by atoms with van der Waals surface area (Å²) in [5, 5.41) is 4.40. The zero-order chi connectivity index (χ0) is 18.8. The molecule has 1 saturated heterocycles. The van der Waals surface area contributed by atoms with Crippen LogP contribution in [0.4, 0.5) is 5.82 Å². The van der Waals surface area contributed by atoms with Crippen LogP contribution in [0, 0.1) is 13.8 Å². The predicted molar refractivity (Wildman–Crippen MR) is 98.0 cm³/mol. The van der Waals surface area contributed by atoms with Crippen molar-refractivity contribution in [3.63, 3.8) is 0 Å². The summed E-state index contributed by atoms with van der Waals surface area (Å²) in [5.41, 5.74) is 3.72. The Morgan fingerprint density at radius 2 is 2.04 bits per heavy atom. The molecule has 0 aromatic carbocycles. The largest absolute Gasteiger partial charge is 0.368 e. The summed E-state index contributed by atoms with van der Waals surface area (Å²) in [5.74, 6) is 0.860. The van der Waals surface area contributed by atoms with E-state index in [0.29, 0.717) is 26.1 Å². The minimum Gasteiger partial charge on any atom is -0.368 e. The Bertz CT molecular complexity index is 801. The summed E-state index contributed by atoms with van der Waals surface area (Å²) in [6.07, 6.45) is 3.42. The van der Waals surface area contributed by atoms with Crippen molar-refractivity contribution in [1.29, 1.82) is 0 Å². The highest BCUT2D eigenvalue weighted by Gasteiger charge is 2.29. The van der Waals surface area contributed by atoms with Crippen LogP contribution in [0.5, 0.6) is 0 Å². The van der Waals surface area contributed by atoms with Gasteiger partial charge in [0.1, 0.15) is 11.8 Å². The normalized spacial score (nSPS) is 17.4. The first-order valence-electron chi connectivity index (χ1n) is 8.75. The predicted octanol–water partition coefficient (Wildman–Crippen LogP) is 1.04. The fourth-order valence-electron chi connectivity index (χ4n) is 3.29. The van der Waals surface area contributed by atoms with Gasteiger partial charge in [-0.25, -0.2) is 4.98 Å². The van der Waals surface area contributed by atoms with Crippen LogP contribution in [0.3, 0.4) is 0 Å². The molecule has 0 saturated carbocycles. The van der Waals surface area contributed by atoms with E-state index in [-0.39, 0.29) is 12.0 Å². The number of hydrogen-bond acceptors (Lipinski definition) is 6. The van der Waals surface area contributed by atoms with Crippen molar-refractivity contribution < 1.29 is 9.53 Å². The van der Waals surface area contributed by atoms with E-state index >= 15 is 0 Å². The molecule has 1 atom stereocenters. The number of hydrogen-bond donors (Lipinski definition) is 0. The minimum absolute atomic E-state index is 0.0905. The Balaban J connectivity index is 1.75. The number of carbonyl (C=O) groups is 1. The van der Waals surface area contributed by atoms with E-state index in [1.165, 1.54) is 0 Å². The average molecular weight is 358 g/mol. The number of morpholine rings is 1. The van der Waals surface area contributed by atoms with Gasteiger partial charge in [0.25, 0.3) is 0 Å². The number of rotatable bonds is 4. The molecule has 1 aliphatic heterocycles. The second kappa shape index (κ2) is 7.41. The van der Waals surface area contributed by atoms with E-state index in [1.54, 1.807) is 12.4 Å². The summed E-state index contributed by atoms with van der Waals surface area (Å²) < 4.78 is 7.72. The second-order valence-electron chi connectivity index (χ2n) is 6.81. The first-order chi connectivity index (χ1) is 12.4. The Kier molecular flexibility index (Phi) is 5.22. The van der Waals surface area contributed by atoms with Gasteiger partial charge in [-0.3, -0.25) is 14.5 Å². The molecule has 0 aliphatic carbocycles. The van der Waals surface area contributed by atoms with Crippen LogP contribution in [0.2, 0.25) is 0 Å². The van der Waals surface area contributed by atoms with Crippen molar-refractivity contribution in [3.8, 4) is 0 Å². The van der Waals surface area contributed by atoms with Gasteiger partial charge in [0.2, 0.25) is 5.91 Å². The number of ether oxygens (including phenoxy) is 1. The third kappa shape index (κ3) is 3.55. The molecule has 8 nitrogen and oxygen atoms in total. The molecule has 0 radical (unpaired) electrons. The number of aryl methyl sites for hydroxylation is 2. The zero-order valence-corrected chi connectivity index (χ0v) is 16.1. The highest BCUT2D eigenvalue weighted by molar-refractivity contribution is 5.79. The van der Waals surface area contributed by atoms with E-state index in [0.717, 1.165) is 28.5 Å². The first-order valence-corrected chi connectivity index (χ1v) is 8.75. The third-order valence-corrected chi connectivity index (χ3v) is 4.84. The molecule has 1 unspecified atom stereocenters. The van der Waals surface area contributed by atoms with Gasteiger partial charge in [-0.05, 0) is 13.8 Å². The Hall–Kier alpha value is -2.48. The van der Waals surface area contributed by atoms with Crippen LogP contribution in [0.1, 0.15) is 28.7 Å². The zero-order valence-electron chi connectivity index (χ0n) is 16.1. The van der Waals surface area contributed by atoms with Gasteiger partial charge in [-0.2, -0.15) is 5.10 Å². The van der Waals surface area contributed by atoms with Crippen LogP contribution in [-0.4, -0.2) is 64.3 Å². The van der Waals surface area contributed by atoms with Crippen molar-refractivity contribution in [2.45, 2.75) is 26.4 Å². The topological polar surface area (TPSA) is 76.4 Å². The van der Waals surface area contributed by atoms with E-state index in [1.807, 2.05) is 49.5 Å². The molecule has 140 valence electrons. The average Bonchev–Trinajstić information content (AvgIpc) is 2.88. The van der Waals surface area contributed by atoms with E-state index in [9.17, 15) is 4.79 Å². The molecular formula is C18H26N6O2. The lowest BCUT2D eigenvalue weighted by Crippen LogP contribution is -2.43. The van der Waals surface area contributed by atoms with E-state index in [4.69, 9.17) is 4.74 Å². The summed E-state index contributed by atoms with van der Waals surface area (Å²) in [6.45, 7) is 5.50. The number of nitrogens with zero attached hydrogens (tertiary/aromatic N) is 6. The molecule has 3 rings (SSSR count).